The highest BCUT2D eigenvalue weighted by molar-refractivity contribution is 5.70. The zero-order valence-electron chi connectivity index (χ0n) is 19.5. The second kappa shape index (κ2) is 10.9. The molecule has 7 heteroatoms. The van der Waals surface area contributed by atoms with Crippen LogP contribution >= 0.6 is 0 Å². The van der Waals surface area contributed by atoms with Gasteiger partial charge in [0.1, 0.15) is 5.82 Å². The number of hydrogen-bond acceptors (Lipinski definition) is 6. The number of halogens is 1. The van der Waals surface area contributed by atoms with Crippen molar-refractivity contribution in [3.8, 4) is 11.8 Å². The number of esters is 1. The van der Waals surface area contributed by atoms with Crippen molar-refractivity contribution in [3.05, 3.63) is 47.5 Å². The van der Waals surface area contributed by atoms with Crippen LogP contribution in [0.3, 0.4) is 0 Å². The lowest BCUT2D eigenvalue weighted by Crippen LogP contribution is -2.20. The number of hydrogen-bond donors (Lipinski definition) is 0. The van der Waals surface area contributed by atoms with Gasteiger partial charge in [-0.05, 0) is 86.3 Å². The molecule has 0 aliphatic heterocycles. The minimum Gasteiger partial charge on any atom is -0.478 e. The molecular formula is C26H33FN2O4. The number of carbonyl (C=O) groups excluding carboxylic acids is 1. The van der Waals surface area contributed by atoms with E-state index in [0.717, 1.165) is 44.1 Å². The first-order chi connectivity index (χ1) is 16.1. The molecule has 6 nitrogen and oxygen atoms in total. The molecule has 2 heterocycles. The Morgan fingerprint density at radius 2 is 1.85 bits per heavy atom. The van der Waals surface area contributed by atoms with Crippen LogP contribution < -0.4 is 9.47 Å². The van der Waals surface area contributed by atoms with Gasteiger partial charge in [-0.25, -0.2) is 14.4 Å². The number of aromatic nitrogens is 2. The van der Waals surface area contributed by atoms with E-state index in [9.17, 15) is 9.18 Å². The standard InChI is InChI=1S/C26H33FN2O4/c1-3-32-25-13-22(23(27)15-29-25)19-6-4-17(5-7-19)16-33-24-12-20(10-11-28-24)21(18-8-9-18)14-26(30)31-2/h10-13,15,17-19,21H,3-9,14,16H2,1-2H3/t17-,19+,21-/m0/s1. The van der Waals surface area contributed by atoms with Crippen molar-refractivity contribution in [1.82, 2.24) is 9.97 Å². The highest BCUT2D eigenvalue weighted by Crippen LogP contribution is 2.45. The van der Waals surface area contributed by atoms with Crippen LogP contribution in [0.4, 0.5) is 4.39 Å². The average molecular weight is 457 g/mol. The Balaban J connectivity index is 1.31. The first-order valence-corrected chi connectivity index (χ1v) is 12.0. The Morgan fingerprint density at radius 1 is 1.09 bits per heavy atom. The van der Waals surface area contributed by atoms with Gasteiger partial charge in [0.05, 0.1) is 32.9 Å². The van der Waals surface area contributed by atoms with Crippen molar-refractivity contribution in [2.24, 2.45) is 11.8 Å². The summed E-state index contributed by atoms with van der Waals surface area (Å²) in [5, 5.41) is 0. The van der Waals surface area contributed by atoms with Gasteiger partial charge in [0.25, 0.3) is 0 Å². The van der Waals surface area contributed by atoms with Crippen molar-refractivity contribution in [2.45, 2.75) is 63.7 Å². The van der Waals surface area contributed by atoms with E-state index in [0.29, 0.717) is 48.8 Å². The summed E-state index contributed by atoms with van der Waals surface area (Å²) in [6, 6.07) is 5.70. The summed E-state index contributed by atoms with van der Waals surface area (Å²) in [6.45, 7) is 3.00. The van der Waals surface area contributed by atoms with E-state index in [4.69, 9.17) is 14.2 Å². The van der Waals surface area contributed by atoms with Gasteiger partial charge >= 0.3 is 5.97 Å². The van der Waals surface area contributed by atoms with E-state index in [1.54, 1.807) is 12.3 Å². The fourth-order valence-corrected chi connectivity index (χ4v) is 4.87. The van der Waals surface area contributed by atoms with Crippen LogP contribution in [0.25, 0.3) is 0 Å². The predicted molar refractivity (Wildman–Crippen MR) is 122 cm³/mol. The van der Waals surface area contributed by atoms with E-state index < -0.39 is 0 Å². The normalized spacial score (nSPS) is 21.3. The fraction of sp³-hybridized carbons (Fsp3) is 0.577. The first kappa shape index (κ1) is 23.5. The van der Waals surface area contributed by atoms with Gasteiger partial charge in [-0.3, -0.25) is 4.79 Å². The van der Waals surface area contributed by atoms with E-state index in [1.807, 2.05) is 19.1 Å². The molecule has 2 aromatic rings. The number of methoxy groups -OCH3 is 1. The molecule has 2 aliphatic rings. The summed E-state index contributed by atoms with van der Waals surface area (Å²) in [6.07, 6.45) is 9.49. The second-order valence-corrected chi connectivity index (χ2v) is 9.16. The van der Waals surface area contributed by atoms with Crippen molar-refractivity contribution < 1.29 is 23.4 Å². The van der Waals surface area contributed by atoms with Crippen LogP contribution in [0.2, 0.25) is 0 Å². The van der Waals surface area contributed by atoms with Crippen molar-refractivity contribution in [3.63, 3.8) is 0 Å². The predicted octanol–water partition coefficient (Wildman–Crippen LogP) is 5.42. The average Bonchev–Trinajstić information content (AvgIpc) is 3.68. The molecule has 2 saturated carbocycles. The number of ether oxygens (including phenoxy) is 3. The molecule has 2 aliphatic carbocycles. The van der Waals surface area contributed by atoms with Crippen LogP contribution in [0.5, 0.6) is 11.8 Å². The summed E-state index contributed by atoms with van der Waals surface area (Å²) in [7, 11) is 1.43. The maximum absolute atomic E-state index is 14.3. The number of rotatable bonds is 10. The van der Waals surface area contributed by atoms with Gasteiger partial charge < -0.3 is 14.2 Å². The molecule has 2 fully saturated rings. The minimum atomic E-state index is -0.253. The lowest BCUT2D eigenvalue weighted by atomic mass is 9.79. The first-order valence-electron chi connectivity index (χ1n) is 12.0. The summed E-state index contributed by atoms with van der Waals surface area (Å²) in [5.41, 5.74) is 1.80. The van der Waals surface area contributed by atoms with Gasteiger partial charge in [-0.15, -0.1) is 0 Å². The Kier molecular flexibility index (Phi) is 7.78. The molecule has 33 heavy (non-hydrogen) atoms. The zero-order chi connectivity index (χ0) is 23.2. The lowest BCUT2D eigenvalue weighted by molar-refractivity contribution is -0.141. The topological polar surface area (TPSA) is 70.5 Å². The number of nitrogens with zero attached hydrogens (tertiary/aromatic N) is 2. The van der Waals surface area contributed by atoms with Gasteiger partial charge in [0, 0.05) is 18.3 Å². The highest BCUT2D eigenvalue weighted by atomic mass is 19.1. The number of pyridine rings is 2. The van der Waals surface area contributed by atoms with Crippen LogP contribution in [-0.4, -0.2) is 36.3 Å². The number of carbonyl (C=O) groups is 1. The summed E-state index contributed by atoms with van der Waals surface area (Å²) in [4.78, 5) is 20.2. The molecule has 0 unspecified atom stereocenters. The van der Waals surface area contributed by atoms with E-state index >= 15 is 0 Å². The summed E-state index contributed by atoms with van der Waals surface area (Å²) < 4.78 is 30.7. The Morgan fingerprint density at radius 3 is 2.55 bits per heavy atom. The van der Waals surface area contributed by atoms with Gasteiger partial charge in [0.15, 0.2) is 0 Å². The molecule has 1 atom stereocenters. The molecule has 0 bridgehead atoms. The lowest BCUT2D eigenvalue weighted by Gasteiger charge is -2.29. The van der Waals surface area contributed by atoms with Crippen LogP contribution in [0.15, 0.2) is 30.6 Å². The molecule has 2 aromatic heterocycles. The van der Waals surface area contributed by atoms with E-state index in [1.165, 1.54) is 13.3 Å². The van der Waals surface area contributed by atoms with E-state index in [-0.39, 0.29) is 23.6 Å². The molecule has 0 N–H and O–H groups in total. The zero-order valence-corrected chi connectivity index (χ0v) is 19.5. The Bertz CT molecular complexity index is 942. The quantitative estimate of drug-likeness (QED) is 0.445. The smallest absolute Gasteiger partial charge is 0.306 e. The van der Waals surface area contributed by atoms with Crippen LogP contribution in [-0.2, 0) is 9.53 Å². The van der Waals surface area contributed by atoms with Crippen molar-refractivity contribution >= 4 is 5.97 Å². The molecule has 0 saturated heterocycles. The third-order valence-corrected chi connectivity index (χ3v) is 6.90. The molecule has 0 amide bonds. The van der Waals surface area contributed by atoms with Gasteiger partial charge in [-0.1, -0.05) is 0 Å². The minimum absolute atomic E-state index is 0.162. The van der Waals surface area contributed by atoms with Gasteiger partial charge in [-0.2, -0.15) is 0 Å². The fourth-order valence-electron chi connectivity index (χ4n) is 4.87. The largest absolute Gasteiger partial charge is 0.478 e. The molecule has 0 aromatic carbocycles. The molecular weight excluding hydrogens is 423 g/mol. The Hall–Kier alpha value is -2.70. The van der Waals surface area contributed by atoms with E-state index in [2.05, 4.69) is 9.97 Å². The van der Waals surface area contributed by atoms with Crippen molar-refractivity contribution in [2.75, 3.05) is 20.3 Å². The maximum atomic E-state index is 14.3. The third-order valence-electron chi connectivity index (χ3n) is 6.90. The van der Waals surface area contributed by atoms with Crippen LogP contribution in [0, 0.1) is 17.7 Å². The summed E-state index contributed by atoms with van der Waals surface area (Å²) >= 11 is 0. The maximum Gasteiger partial charge on any atom is 0.306 e. The summed E-state index contributed by atoms with van der Waals surface area (Å²) in [5.74, 6) is 1.95. The van der Waals surface area contributed by atoms with Gasteiger partial charge in [0.2, 0.25) is 11.8 Å². The van der Waals surface area contributed by atoms with Crippen LogP contribution in [0.1, 0.15) is 74.8 Å². The monoisotopic (exact) mass is 456 g/mol. The molecule has 0 spiro atoms. The molecule has 178 valence electrons. The molecule has 0 radical (unpaired) electrons. The SMILES string of the molecule is CCOc1cc([C@H]2CC[C@@H](COc3cc([C@@H](CC(=O)OC)C4CC4)ccn3)CC2)c(F)cn1. The molecule has 4 rings (SSSR count). The Labute approximate surface area is 194 Å². The third kappa shape index (κ3) is 6.21. The van der Waals surface area contributed by atoms with Crippen molar-refractivity contribution in [1.29, 1.82) is 0 Å². The highest BCUT2D eigenvalue weighted by Gasteiger charge is 2.34. The second-order valence-electron chi connectivity index (χ2n) is 9.16.